The van der Waals surface area contributed by atoms with Crippen LogP contribution in [0, 0.1) is 29.1 Å². The van der Waals surface area contributed by atoms with Gasteiger partial charge in [-0.05, 0) is 25.8 Å². The molecular weight excluding hydrogens is 485 g/mol. The number of anilines is 1. The second kappa shape index (κ2) is 8.92. The summed E-state index contributed by atoms with van der Waals surface area (Å²) in [5, 5.41) is 4.09. The number of ether oxygens (including phenoxy) is 1. The number of fused-ring (bicyclic) bond motifs is 1. The maximum atomic E-state index is 15.5. The SMILES string of the molecule is CCOC(=O)c1cnn(-c2nc3cc(F)c(F)cc3n2C)c1-c1cc(F)c(N2CCCC2)c(F)c1F. The second-order valence-electron chi connectivity index (χ2n) is 8.34. The molecule has 3 heterocycles. The first-order chi connectivity index (χ1) is 17.2. The summed E-state index contributed by atoms with van der Waals surface area (Å²) in [6.07, 6.45) is 2.49. The maximum Gasteiger partial charge on any atom is 0.342 e. The first-order valence-corrected chi connectivity index (χ1v) is 11.2. The molecule has 0 bridgehead atoms. The molecule has 0 unspecified atom stereocenters. The number of hydrogen-bond acceptors (Lipinski definition) is 5. The molecule has 7 nitrogen and oxygen atoms in total. The summed E-state index contributed by atoms with van der Waals surface area (Å²) in [6, 6.07) is 2.58. The van der Waals surface area contributed by atoms with Gasteiger partial charge >= 0.3 is 5.97 Å². The molecule has 0 N–H and O–H groups in total. The van der Waals surface area contributed by atoms with Crippen LogP contribution < -0.4 is 4.90 Å². The first kappa shape index (κ1) is 23.8. The number of hydrogen-bond donors (Lipinski definition) is 0. The van der Waals surface area contributed by atoms with Gasteiger partial charge in [0.05, 0.1) is 29.5 Å². The van der Waals surface area contributed by atoms with Crippen molar-refractivity contribution in [2.75, 3.05) is 24.6 Å². The van der Waals surface area contributed by atoms with E-state index in [4.69, 9.17) is 4.74 Å². The largest absolute Gasteiger partial charge is 0.462 e. The molecule has 5 rings (SSSR count). The first-order valence-electron chi connectivity index (χ1n) is 11.2. The van der Waals surface area contributed by atoms with E-state index in [9.17, 15) is 13.6 Å². The fourth-order valence-corrected chi connectivity index (χ4v) is 4.47. The van der Waals surface area contributed by atoms with E-state index in [1.165, 1.54) is 16.5 Å². The van der Waals surface area contributed by atoms with Crippen LogP contribution in [0.2, 0.25) is 0 Å². The number of esters is 1. The number of nitrogens with zero attached hydrogens (tertiary/aromatic N) is 5. The third-order valence-electron chi connectivity index (χ3n) is 6.17. The molecule has 1 fully saturated rings. The number of benzene rings is 2. The molecule has 2 aromatic carbocycles. The van der Waals surface area contributed by atoms with Gasteiger partial charge in [-0.3, -0.25) is 0 Å². The quantitative estimate of drug-likeness (QED) is 0.219. The van der Waals surface area contributed by atoms with Crippen LogP contribution in [0.3, 0.4) is 0 Å². The van der Waals surface area contributed by atoms with E-state index in [1.54, 1.807) is 6.92 Å². The van der Waals surface area contributed by atoms with Crippen LogP contribution in [0.1, 0.15) is 30.1 Å². The Kier molecular flexibility index (Phi) is 5.89. The van der Waals surface area contributed by atoms with Gasteiger partial charge in [0.2, 0.25) is 5.95 Å². The molecule has 0 aliphatic carbocycles. The van der Waals surface area contributed by atoms with Crippen molar-refractivity contribution < 1.29 is 31.5 Å². The molecule has 188 valence electrons. The molecule has 4 aromatic rings. The van der Waals surface area contributed by atoms with Crippen molar-refractivity contribution in [2.24, 2.45) is 7.05 Å². The average Bonchev–Trinajstić information content (AvgIpc) is 3.57. The van der Waals surface area contributed by atoms with Crippen molar-refractivity contribution in [3.8, 4) is 17.2 Å². The number of carbonyl (C=O) groups is 1. The summed E-state index contributed by atoms with van der Waals surface area (Å²) in [5.41, 5.74) is -1.44. The molecule has 0 atom stereocenters. The van der Waals surface area contributed by atoms with Crippen molar-refractivity contribution in [1.29, 1.82) is 0 Å². The maximum absolute atomic E-state index is 15.5. The number of rotatable bonds is 5. The Morgan fingerprint density at radius 1 is 1.00 bits per heavy atom. The Balaban J connectivity index is 1.76. The van der Waals surface area contributed by atoms with Gasteiger partial charge in [-0.15, -0.1) is 0 Å². The Hall–Kier alpha value is -3.96. The van der Waals surface area contributed by atoms with Gasteiger partial charge in [0.25, 0.3) is 0 Å². The third kappa shape index (κ3) is 3.67. The zero-order valence-corrected chi connectivity index (χ0v) is 19.3. The Bertz CT molecular complexity index is 1510. The molecule has 12 heteroatoms. The molecule has 1 aliphatic rings. The lowest BCUT2D eigenvalue weighted by Gasteiger charge is -2.21. The van der Waals surface area contributed by atoms with E-state index in [0.717, 1.165) is 41.9 Å². The van der Waals surface area contributed by atoms with Gasteiger partial charge in [0.15, 0.2) is 23.3 Å². The van der Waals surface area contributed by atoms with E-state index in [-0.39, 0.29) is 34.8 Å². The molecule has 1 saturated heterocycles. The molecule has 0 amide bonds. The number of aryl methyl sites for hydroxylation is 1. The predicted octanol–water partition coefficient (Wildman–Crippen LogP) is 4.90. The van der Waals surface area contributed by atoms with Gasteiger partial charge in [0, 0.05) is 37.8 Å². The van der Waals surface area contributed by atoms with Crippen molar-refractivity contribution in [3.63, 3.8) is 0 Å². The smallest absolute Gasteiger partial charge is 0.342 e. The molecule has 0 radical (unpaired) electrons. The Morgan fingerprint density at radius 2 is 1.69 bits per heavy atom. The molecule has 0 spiro atoms. The van der Waals surface area contributed by atoms with Crippen LogP contribution >= 0.6 is 0 Å². The summed E-state index contributed by atoms with van der Waals surface area (Å²) in [4.78, 5) is 18.3. The van der Waals surface area contributed by atoms with E-state index < -0.39 is 46.3 Å². The lowest BCUT2D eigenvalue weighted by atomic mass is 10.0. The summed E-state index contributed by atoms with van der Waals surface area (Å²) in [6.45, 7) is 2.30. The fourth-order valence-electron chi connectivity index (χ4n) is 4.47. The van der Waals surface area contributed by atoms with Crippen molar-refractivity contribution in [2.45, 2.75) is 19.8 Å². The third-order valence-corrected chi connectivity index (χ3v) is 6.17. The second-order valence-corrected chi connectivity index (χ2v) is 8.34. The van der Waals surface area contributed by atoms with E-state index in [0.29, 0.717) is 13.1 Å². The standard InChI is InChI=1S/C24H20F5N5O2/c1-3-36-23(35)13-11-30-34(24-31-17-9-14(25)15(26)10-18(17)32(24)2)21(13)12-8-16(27)22(20(29)19(12)28)33-6-4-5-7-33/h8-11H,3-7H2,1-2H3. The van der Waals surface area contributed by atoms with Crippen molar-refractivity contribution in [3.05, 3.63) is 59.0 Å². The van der Waals surface area contributed by atoms with Gasteiger partial charge in [-0.25, -0.2) is 31.7 Å². The van der Waals surface area contributed by atoms with Crippen molar-refractivity contribution in [1.82, 2.24) is 19.3 Å². The zero-order valence-electron chi connectivity index (χ0n) is 19.3. The molecular formula is C24H20F5N5O2. The monoisotopic (exact) mass is 505 g/mol. The highest BCUT2D eigenvalue weighted by atomic mass is 19.2. The highest BCUT2D eigenvalue weighted by Gasteiger charge is 2.31. The van der Waals surface area contributed by atoms with E-state index in [2.05, 4.69) is 10.1 Å². The predicted molar refractivity (Wildman–Crippen MR) is 120 cm³/mol. The van der Waals surface area contributed by atoms with Gasteiger partial charge in [-0.2, -0.15) is 9.78 Å². The number of imidazole rings is 1. The summed E-state index contributed by atoms with van der Waals surface area (Å²) < 4.78 is 80.9. The van der Waals surface area contributed by atoms with Crippen LogP contribution in [0.4, 0.5) is 27.6 Å². The fraction of sp³-hybridized carbons (Fsp3) is 0.292. The zero-order chi connectivity index (χ0) is 25.7. The van der Waals surface area contributed by atoms with Crippen molar-refractivity contribution >= 4 is 22.7 Å². The topological polar surface area (TPSA) is 65.2 Å². The van der Waals surface area contributed by atoms with Gasteiger partial charge in [-0.1, -0.05) is 0 Å². The summed E-state index contributed by atoms with van der Waals surface area (Å²) >= 11 is 0. The van der Waals surface area contributed by atoms with Crippen LogP contribution in [-0.2, 0) is 11.8 Å². The van der Waals surface area contributed by atoms with E-state index in [1.807, 2.05) is 0 Å². The minimum absolute atomic E-state index is 0.0204. The number of aromatic nitrogens is 4. The van der Waals surface area contributed by atoms with Crippen LogP contribution in [0.25, 0.3) is 28.2 Å². The lowest BCUT2D eigenvalue weighted by molar-refractivity contribution is 0.0527. The minimum Gasteiger partial charge on any atom is -0.462 e. The van der Waals surface area contributed by atoms with E-state index >= 15 is 13.2 Å². The Morgan fingerprint density at radius 3 is 2.39 bits per heavy atom. The normalized spacial score (nSPS) is 13.7. The highest BCUT2D eigenvalue weighted by Crippen LogP contribution is 2.37. The highest BCUT2D eigenvalue weighted by molar-refractivity contribution is 5.97. The van der Waals surface area contributed by atoms with Gasteiger partial charge < -0.3 is 14.2 Å². The van der Waals surface area contributed by atoms with Crippen LogP contribution in [0.15, 0.2) is 24.4 Å². The summed E-state index contributed by atoms with van der Waals surface area (Å²) in [7, 11) is 1.46. The molecule has 0 saturated carbocycles. The number of carbonyl (C=O) groups excluding carboxylic acids is 1. The number of halogens is 5. The van der Waals surface area contributed by atoms with Gasteiger partial charge in [0.1, 0.15) is 17.1 Å². The lowest BCUT2D eigenvalue weighted by Crippen LogP contribution is -2.21. The molecule has 36 heavy (non-hydrogen) atoms. The Labute approximate surface area is 201 Å². The van der Waals surface area contributed by atoms with Crippen LogP contribution in [-0.4, -0.2) is 45.0 Å². The molecule has 2 aromatic heterocycles. The minimum atomic E-state index is -1.40. The summed E-state index contributed by atoms with van der Waals surface area (Å²) in [5.74, 6) is -7.03. The average molecular weight is 505 g/mol. The van der Waals surface area contributed by atoms with Crippen LogP contribution in [0.5, 0.6) is 0 Å². The molecule has 1 aliphatic heterocycles.